The smallest absolute Gasteiger partial charge is 0.251 e. The van der Waals surface area contributed by atoms with Crippen LogP contribution in [0.4, 0.5) is 0 Å². The Morgan fingerprint density at radius 3 is 2.29 bits per heavy atom. The molecular weight excluding hydrogens is 214 g/mol. The van der Waals surface area contributed by atoms with E-state index < -0.39 is 5.60 Å². The molecule has 0 aliphatic rings. The summed E-state index contributed by atoms with van der Waals surface area (Å²) in [5, 5.41) is 12.6. The van der Waals surface area contributed by atoms with Crippen LogP contribution in [0.5, 0.6) is 0 Å². The highest BCUT2D eigenvalue weighted by Crippen LogP contribution is 2.10. The van der Waals surface area contributed by atoms with E-state index in [0.717, 1.165) is 11.1 Å². The number of rotatable bonds is 4. The molecule has 1 amide bonds. The zero-order chi connectivity index (χ0) is 13.1. The molecule has 1 rings (SSSR count). The fraction of sp³-hybridized carbons (Fsp3) is 0.500. The Bertz CT molecular complexity index is 390. The first kappa shape index (κ1) is 13.7. The number of hydrogen-bond donors (Lipinski definition) is 2. The number of nitrogens with one attached hydrogen (secondary N) is 1. The molecule has 0 aliphatic heterocycles. The molecule has 0 spiro atoms. The fourth-order valence-electron chi connectivity index (χ4n) is 1.60. The average Bonchev–Trinajstić information content (AvgIpc) is 2.24. The molecule has 1 atom stereocenters. The molecule has 2 N–H and O–H groups in total. The van der Waals surface area contributed by atoms with Crippen molar-refractivity contribution in [1.29, 1.82) is 0 Å². The highest BCUT2D eigenvalue weighted by Gasteiger charge is 2.18. The van der Waals surface area contributed by atoms with Crippen molar-refractivity contribution < 1.29 is 9.90 Å². The standard InChI is InChI=1S/C14H21NO2/c1-5-14(4,17)9-15-13(16)12-7-10(2)6-11(3)8-12/h6-8,17H,5,9H2,1-4H3,(H,15,16). The lowest BCUT2D eigenvalue weighted by Crippen LogP contribution is -2.40. The zero-order valence-corrected chi connectivity index (χ0v) is 11.0. The summed E-state index contributed by atoms with van der Waals surface area (Å²) in [4.78, 5) is 11.9. The van der Waals surface area contributed by atoms with Crippen molar-refractivity contribution in [1.82, 2.24) is 5.32 Å². The van der Waals surface area contributed by atoms with E-state index >= 15 is 0 Å². The van der Waals surface area contributed by atoms with Gasteiger partial charge < -0.3 is 10.4 Å². The van der Waals surface area contributed by atoms with Crippen LogP contribution in [0, 0.1) is 13.8 Å². The molecule has 3 nitrogen and oxygen atoms in total. The van der Waals surface area contributed by atoms with E-state index in [-0.39, 0.29) is 12.5 Å². The highest BCUT2D eigenvalue weighted by atomic mass is 16.3. The summed E-state index contributed by atoms with van der Waals surface area (Å²) in [6.45, 7) is 7.81. The van der Waals surface area contributed by atoms with E-state index in [1.807, 2.05) is 39.0 Å². The van der Waals surface area contributed by atoms with Gasteiger partial charge in [-0.25, -0.2) is 0 Å². The maximum absolute atomic E-state index is 11.9. The Labute approximate surface area is 103 Å². The van der Waals surface area contributed by atoms with Crippen molar-refractivity contribution >= 4 is 5.91 Å². The van der Waals surface area contributed by atoms with Crippen LogP contribution in [-0.4, -0.2) is 23.2 Å². The maximum atomic E-state index is 11.9. The molecule has 0 saturated heterocycles. The molecule has 0 heterocycles. The number of carbonyl (C=O) groups is 1. The number of hydrogen-bond acceptors (Lipinski definition) is 2. The third-order valence-electron chi connectivity index (χ3n) is 2.88. The van der Waals surface area contributed by atoms with Gasteiger partial charge in [0.25, 0.3) is 5.91 Å². The molecule has 17 heavy (non-hydrogen) atoms. The second kappa shape index (κ2) is 5.32. The highest BCUT2D eigenvalue weighted by molar-refractivity contribution is 5.94. The summed E-state index contributed by atoms with van der Waals surface area (Å²) >= 11 is 0. The zero-order valence-electron chi connectivity index (χ0n) is 11.0. The molecule has 1 unspecified atom stereocenters. The minimum Gasteiger partial charge on any atom is -0.388 e. The van der Waals surface area contributed by atoms with Crippen molar-refractivity contribution in [3.63, 3.8) is 0 Å². The second-order valence-electron chi connectivity index (χ2n) is 4.91. The van der Waals surface area contributed by atoms with Gasteiger partial charge in [-0.15, -0.1) is 0 Å². The van der Waals surface area contributed by atoms with E-state index in [0.29, 0.717) is 12.0 Å². The SMILES string of the molecule is CCC(C)(O)CNC(=O)c1cc(C)cc(C)c1. The maximum Gasteiger partial charge on any atom is 0.251 e. The van der Waals surface area contributed by atoms with Gasteiger partial charge in [-0.2, -0.15) is 0 Å². The van der Waals surface area contributed by atoms with Crippen molar-refractivity contribution in [2.24, 2.45) is 0 Å². The van der Waals surface area contributed by atoms with Crippen LogP contribution in [0.25, 0.3) is 0 Å². The first-order valence-corrected chi connectivity index (χ1v) is 5.93. The Hall–Kier alpha value is -1.35. The van der Waals surface area contributed by atoms with Gasteiger partial charge in [-0.1, -0.05) is 24.1 Å². The molecule has 0 aromatic heterocycles. The molecule has 94 valence electrons. The van der Waals surface area contributed by atoms with E-state index in [1.54, 1.807) is 6.92 Å². The molecule has 3 heteroatoms. The molecule has 0 saturated carbocycles. The van der Waals surface area contributed by atoms with Crippen LogP contribution in [0.15, 0.2) is 18.2 Å². The molecule has 0 bridgehead atoms. The predicted octanol–water partition coefficient (Wildman–Crippen LogP) is 2.19. The van der Waals surface area contributed by atoms with Crippen LogP contribution < -0.4 is 5.32 Å². The topological polar surface area (TPSA) is 49.3 Å². The molecule has 0 fully saturated rings. The van der Waals surface area contributed by atoms with Crippen LogP contribution in [-0.2, 0) is 0 Å². The summed E-state index contributed by atoms with van der Waals surface area (Å²) < 4.78 is 0. The Kier molecular flexibility index (Phi) is 4.29. The third-order valence-corrected chi connectivity index (χ3v) is 2.88. The van der Waals surface area contributed by atoms with Crippen LogP contribution >= 0.6 is 0 Å². The molecular formula is C14H21NO2. The van der Waals surface area contributed by atoms with Gasteiger partial charge in [-0.05, 0) is 39.3 Å². The van der Waals surface area contributed by atoms with Gasteiger partial charge in [0, 0.05) is 12.1 Å². The van der Waals surface area contributed by atoms with Crippen LogP contribution in [0.3, 0.4) is 0 Å². The second-order valence-corrected chi connectivity index (χ2v) is 4.91. The first-order valence-electron chi connectivity index (χ1n) is 5.93. The van der Waals surface area contributed by atoms with Crippen LogP contribution in [0.1, 0.15) is 41.8 Å². The summed E-state index contributed by atoms with van der Waals surface area (Å²) in [6, 6.07) is 5.73. The van der Waals surface area contributed by atoms with Crippen molar-refractivity contribution in [2.45, 2.75) is 39.7 Å². The van der Waals surface area contributed by atoms with E-state index in [9.17, 15) is 9.90 Å². The number of carbonyl (C=O) groups excluding carboxylic acids is 1. The molecule has 0 aliphatic carbocycles. The van der Waals surface area contributed by atoms with Gasteiger partial charge in [0.05, 0.1) is 5.60 Å². The normalized spacial score (nSPS) is 14.2. The summed E-state index contributed by atoms with van der Waals surface area (Å²) in [6.07, 6.45) is 0.611. The van der Waals surface area contributed by atoms with Gasteiger partial charge in [0.15, 0.2) is 0 Å². The lowest BCUT2D eigenvalue weighted by molar-refractivity contribution is 0.0518. The largest absolute Gasteiger partial charge is 0.388 e. The van der Waals surface area contributed by atoms with Gasteiger partial charge in [0.2, 0.25) is 0 Å². The van der Waals surface area contributed by atoms with Gasteiger partial charge in [0.1, 0.15) is 0 Å². The first-order chi connectivity index (χ1) is 7.84. The number of amides is 1. The summed E-state index contributed by atoms with van der Waals surface area (Å²) in [7, 11) is 0. The van der Waals surface area contributed by atoms with Gasteiger partial charge >= 0.3 is 0 Å². The number of aryl methyl sites for hydroxylation is 2. The van der Waals surface area contributed by atoms with Crippen LogP contribution in [0.2, 0.25) is 0 Å². The Morgan fingerprint density at radius 2 is 1.82 bits per heavy atom. The number of aliphatic hydroxyl groups is 1. The van der Waals surface area contributed by atoms with E-state index in [1.165, 1.54) is 0 Å². The minimum absolute atomic E-state index is 0.134. The number of benzene rings is 1. The minimum atomic E-state index is -0.839. The molecule has 0 radical (unpaired) electrons. The third kappa shape index (κ3) is 4.19. The molecule has 1 aromatic carbocycles. The van der Waals surface area contributed by atoms with Crippen molar-refractivity contribution in [3.8, 4) is 0 Å². The summed E-state index contributed by atoms with van der Waals surface area (Å²) in [5.74, 6) is -0.134. The monoisotopic (exact) mass is 235 g/mol. The Morgan fingerprint density at radius 1 is 1.29 bits per heavy atom. The predicted molar refractivity (Wildman–Crippen MR) is 69.2 cm³/mol. The molecule has 1 aromatic rings. The van der Waals surface area contributed by atoms with Gasteiger partial charge in [-0.3, -0.25) is 4.79 Å². The summed E-state index contributed by atoms with van der Waals surface area (Å²) in [5.41, 5.74) is 1.94. The Balaban J connectivity index is 2.70. The van der Waals surface area contributed by atoms with E-state index in [2.05, 4.69) is 5.32 Å². The van der Waals surface area contributed by atoms with Crippen molar-refractivity contribution in [2.75, 3.05) is 6.54 Å². The van der Waals surface area contributed by atoms with Crippen molar-refractivity contribution in [3.05, 3.63) is 34.9 Å². The quantitative estimate of drug-likeness (QED) is 0.840. The van der Waals surface area contributed by atoms with E-state index in [4.69, 9.17) is 0 Å². The fourth-order valence-corrected chi connectivity index (χ4v) is 1.60. The lowest BCUT2D eigenvalue weighted by Gasteiger charge is -2.21. The lowest BCUT2D eigenvalue weighted by atomic mass is 10.0. The average molecular weight is 235 g/mol.